The Morgan fingerprint density at radius 3 is 2.36 bits per heavy atom. The second-order valence-electron chi connectivity index (χ2n) is 14.3. The Morgan fingerprint density at radius 1 is 1.06 bits per heavy atom. The molecule has 0 amide bonds. The maximum Gasteiger partial charge on any atom is 0.138 e. The van der Waals surface area contributed by atoms with Gasteiger partial charge in [0, 0.05) is 11.8 Å². The van der Waals surface area contributed by atoms with Gasteiger partial charge in [-0.05, 0) is 105 Å². The molecule has 33 heavy (non-hydrogen) atoms. The number of carbonyl (C=O) groups excluding carboxylic acids is 1. The second kappa shape index (κ2) is 7.92. The summed E-state index contributed by atoms with van der Waals surface area (Å²) in [6.45, 7) is 17.9. The normalized spacial score (nSPS) is 44.4. The average Bonchev–Trinajstić information content (AvgIpc) is 3.00. The molecule has 0 saturated heterocycles. The summed E-state index contributed by atoms with van der Waals surface area (Å²) in [4.78, 5) is 12.8. The van der Waals surface area contributed by atoms with Gasteiger partial charge in [0.25, 0.3) is 0 Å². The van der Waals surface area contributed by atoms with Crippen LogP contribution in [-0.2, 0) is 4.79 Å². The zero-order valence-electron chi connectivity index (χ0n) is 22.6. The predicted octanol–water partition coefficient (Wildman–Crippen LogP) is 6.71. The minimum absolute atomic E-state index is 0.204. The molecule has 0 aromatic heterocycles. The highest BCUT2D eigenvalue weighted by atomic mass is 16.3. The Bertz CT molecular complexity index is 819. The van der Waals surface area contributed by atoms with E-state index in [1.165, 1.54) is 25.7 Å². The van der Waals surface area contributed by atoms with Crippen LogP contribution in [0.2, 0.25) is 0 Å². The molecule has 0 aromatic rings. The van der Waals surface area contributed by atoms with Gasteiger partial charge in [-0.2, -0.15) is 0 Å². The van der Waals surface area contributed by atoms with Gasteiger partial charge in [-0.1, -0.05) is 53.2 Å². The fourth-order valence-corrected chi connectivity index (χ4v) is 9.44. The van der Waals surface area contributed by atoms with Crippen LogP contribution < -0.4 is 0 Å². The van der Waals surface area contributed by atoms with Crippen LogP contribution in [0, 0.1) is 45.3 Å². The first-order valence-electron chi connectivity index (χ1n) is 13.7. The number of Topliss-reactive ketones (excluding diaryl/α,β-unsaturated/α-hetero) is 1. The molecule has 0 aromatic carbocycles. The Kier molecular flexibility index (Phi) is 6.10. The molecular formula is C30H50O3. The Balaban J connectivity index is 1.59. The van der Waals surface area contributed by atoms with E-state index in [4.69, 9.17) is 0 Å². The summed E-state index contributed by atoms with van der Waals surface area (Å²) >= 11 is 0. The quantitative estimate of drug-likeness (QED) is 0.450. The number of fused-ring (bicyclic) bond motifs is 5. The molecule has 0 aliphatic heterocycles. The molecule has 3 nitrogen and oxygen atoms in total. The number of hydrogen-bond acceptors (Lipinski definition) is 3. The van der Waals surface area contributed by atoms with E-state index in [1.54, 1.807) is 19.4 Å². The summed E-state index contributed by atoms with van der Waals surface area (Å²) in [6, 6.07) is 0. The minimum Gasteiger partial charge on any atom is -0.390 e. The maximum atomic E-state index is 12.8. The fraction of sp³-hybridized carbons (Fsp3) is 0.900. The van der Waals surface area contributed by atoms with Crippen molar-refractivity contribution in [1.29, 1.82) is 0 Å². The lowest BCUT2D eigenvalue weighted by molar-refractivity contribution is -0.146. The standard InChI is InChI=1S/C30H50O3/c1-19(9-12-25(32)27(4,5)33)20-13-17-30(8)22-10-11-23-26(2,3)24(31)15-16-28(23,6)21(22)14-18-29(20,30)7/h10,19-21,23,25,32-33H,9,11-18H2,1-8H3/t19-,20-,21-,23+,25+,28-,29-,30+/m1/s1. The molecule has 3 heteroatoms. The van der Waals surface area contributed by atoms with E-state index < -0.39 is 11.7 Å². The molecule has 0 radical (unpaired) electrons. The highest BCUT2D eigenvalue weighted by Gasteiger charge is 2.65. The average molecular weight is 459 g/mol. The van der Waals surface area contributed by atoms with Gasteiger partial charge < -0.3 is 10.2 Å². The molecule has 188 valence electrons. The minimum atomic E-state index is -1.03. The van der Waals surface area contributed by atoms with Crippen molar-refractivity contribution in [1.82, 2.24) is 0 Å². The van der Waals surface area contributed by atoms with Crippen LogP contribution in [0.5, 0.6) is 0 Å². The van der Waals surface area contributed by atoms with E-state index in [2.05, 4.69) is 47.6 Å². The lowest BCUT2D eigenvalue weighted by atomic mass is 9.41. The van der Waals surface area contributed by atoms with Crippen molar-refractivity contribution in [2.45, 2.75) is 125 Å². The van der Waals surface area contributed by atoms with Crippen molar-refractivity contribution < 1.29 is 15.0 Å². The fourth-order valence-electron chi connectivity index (χ4n) is 9.44. The first-order valence-corrected chi connectivity index (χ1v) is 13.7. The van der Waals surface area contributed by atoms with E-state index in [1.807, 2.05) is 0 Å². The lowest BCUT2D eigenvalue weighted by Crippen LogP contribution is -2.57. The number of aliphatic hydroxyl groups excluding tert-OH is 1. The molecule has 2 N–H and O–H groups in total. The van der Waals surface area contributed by atoms with E-state index >= 15 is 0 Å². The number of allylic oxidation sites excluding steroid dienone is 2. The number of rotatable bonds is 5. The molecule has 0 unspecified atom stereocenters. The lowest BCUT2D eigenvalue weighted by Gasteiger charge is -2.63. The molecule has 4 aliphatic rings. The third-order valence-electron chi connectivity index (χ3n) is 12.0. The van der Waals surface area contributed by atoms with Gasteiger partial charge >= 0.3 is 0 Å². The Hall–Kier alpha value is -0.670. The van der Waals surface area contributed by atoms with Crippen LogP contribution in [0.4, 0.5) is 0 Å². The third kappa shape index (κ3) is 3.62. The van der Waals surface area contributed by atoms with E-state index in [0.717, 1.165) is 25.7 Å². The molecule has 0 spiro atoms. The highest BCUT2D eigenvalue weighted by molar-refractivity contribution is 5.85. The van der Waals surface area contributed by atoms with Crippen molar-refractivity contribution in [2.24, 2.45) is 45.3 Å². The van der Waals surface area contributed by atoms with Gasteiger partial charge in [-0.3, -0.25) is 4.79 Å². The summed E-state index contributed by atoms with van der Waals surface area (Å²) < 4.78 is 0. The maximum absolute atomic E-state index is 12.8. The predicted molar refractivity (Wildman–Crippen MR) is 135 cm³/mol. The summed E-state index contributed by atoms with van der Waals surface area (Å²) in [7, 11) is 0. The SMILES string of the molecule is C[C@H](CC[C@H](O)C(C)(C)O)[C@H]1CC[C@@]2(C)C3=CC[C@H]4C(C)(C)C(=O)CC[C@]4(C)[C@@H]3CC[C@]12C. The van der Waals surface area contributed by atoms with Crippen LogP contribution in [-0.4, -0.2) is 27.7 Å². The largest absolute Gasteiger partial charge is 0.390 e. The summed E-state index contributed by atoms with van der Waals surface area (Å²) in [5.74, 6) is 2.76. The molecule has 3 fully saturated rings. The summed E-state index contributed by atoms with van der Waals surface area (Å²) in [5, 5.41) is 20.6. The third-order valence-corrected chi connectivity index (χ3v) is 12.0. The Morgan fingerprint density at radius 2 is 1.73 bits per heavy atom. The number of hydrogen-bond donors (Lipinski definition) is 2. The van der Waals surface area contributed by atoms with Gasteiger partial charge in [0.1, 0.15) is 5.78 Å². The van der Waals surface area contributed by atoms with Crippen LogP contribution in [0.1, 0.15) is 113 Å². The Labute approximate surface area is 202 Å². The van der Waals surface area contributed by atoms with Gasteiger partial charge in [-0.25, -0.2) is 0 Å². The zero-order valence-corrected chi connectivity index (χ0v) is 22.6. The molecule has 8 atom stereocenters. The molecule has 3 saturated carbocycles. The smallest absolute Gasteiger partial charge is 0.138 e. The molecule has 0 heterocycles. The molecule has 0 bridgehead atoms. The van der Waals surface area contributed by atoms with E-state index in [0.29, 0.717) is 35.9 Å². The number of carbonyl (C=O) groups is 1. The van der Waals surface area contributed by atoms with Crippen LogP contribution in [0.15, 0.2) is 11.6 Å². The summed E-state index contributed by atoms with van der Waals surface area (Å²) in [6.07, 6.45) is 11.5. The number of aliphatic hydroxyl groups is 2. The van der Waals surface area contributed by atoms with Crippen molar-refractivity contribution in [2.75, 3.05) is 0 Å². The van der Waals surface area contributed by atoms with Crippen molar-refractivity contribution in [3.05, 3.63) is 11.6 Å². The molecule has 4 rings (SSSR count). The van der Waals surface area contributed by atoms with Crippen LogP contribution >= 0.6 is 0 Å². The molecule has 4 aliphatic carbocycles. The van der Waals surface area contributed by atoms with Crippen LogP contribution in [0.25, 0.3) is 0 Å². The van der Waals surface area contributed by atoms with Gasteiger partial charge in [0.15, 0.2) is 0 Å². The van der Waals surface area contributed by atoms with E-state index in [9.17, 15) is 15.0 Å². The van der Waals surface area contributed by atoms with E-state index in [-0.39, 0.29) is 21.7 Å². The zero-order chi connectivity index (χ0) is 24.6. The van der Waals surface area contributed by atoms with Gasteiger partial charge in [0.05, 0.1) is 11.7 Å². The van der Waals surface area contributed by atoms with Crippen LogP contribution in [0.3, 0.4) is 0 Å². The first kappa shape index (κ1) is 25.4. The summed E-state index contributed by atoms with van der Waals surface area (Å²) in [5.41, 5.74) is 1.27. The second-order valence-corrected chi connectivity index (χ2v) is 14.3. The first-order chi connectivity index (χ1) is 15.1. The monoisotopic (exact) mass is 458 g/mol. The van der Waals surface area contributed by atoms with Crippen molar-refractivity contribution in [3.63, 3.8) is 0 Å². The topological polar surface area (TPSA) is 57.5 Å². The number of ketones is 1. The molecular weight excluding hydrogens is 408 g/mol. The highest BCUT2D eigenvalue weighted by Crippen LogP contribution is 2.73. The van der Waals surface area contributed by atoms with Gasteiger partial charge in [-0.15, -0.1) is 0 Å². The van der Waals surface area contributed by atoms with Crippen molar-refractivity contribution >= 4 is 5.78 Å². The van der Waals surface area contributed by atoms with Crippen molar-refractivity contribution in [3.8, 4) is 0 Å². The van der Waals surface area contributed by atoms with Gasteiger partial charge in [0.2, 0.25) is 0 Å².